The van der Waals surface area contributed by atoms with Gasteiger partial charge in [-0.15, -0.1) is 0 Å². The van der Waals surface area contributed by atoms with E-state index >= 15 is 0 Å². The van der Waals surface area contributed by atoms with Gasteiger partial charge in [0.1, 0.15) is 5.69 Å². The summed E-state index contributed by atoms with van der Waals surface area (Å²) in [5.74, 6) is 0. The van der Waals surface area contributed by atoms with Gasteiger partial charge in [-0.25, -0.2) is 0 Å². The fraction of sp³-hybridized carbons (Fsp3) is 0.357. The molecular weight excluding hydrogens is 306 g/mol. The first-order chi connectivity index (χ1) is 9.28. The molecule has 0 unspecified atom stereocenters. The van der Waals surface area contributed by atoms with Crippen LogP contribution in [0, 0.1) is 0 Å². The van der Waals surface area contributed by atoms with E-state index in [4.69, 9.17) is 0 Å². The van der Waals surface area contributed by atoms with E-state index in [0.717, 1.165) is 29.3 Å². The zero-order valence-electron chi connectivity index (χ0n) is 10.4. The largest absolute Gasteiger partial charge is 0.298 e. The molecule has 0 spiro atoms. The third-order valence-electron chi connectivity index (χ3n) is 3.56. The lowest BCUT2D eigenvalue weighted by Gasteiger charge is -2.08. The van der Waals surface area contributed by atoms with Crippen LogP contribution in [0.25, 0.3) is 11.4 Å². The Morgan fingerprint density at radius 2 is 2.11 bits per heavy atom. The molecule has 5 heteroatoms. The molecule has 0 aromatic carbocycles. The van der Waals surface area contributed by atoms with Crippen molar-refractivity contribution in [3.8, 4) is 11.4 Å². The predicted octanol–water partition coefficient (Wildman–Crippen LogP) is 3.64. The summed E-state index contributed by atoms with van der Waals surface area (Å²) in [6.07, 6.45) is 9.21. The molecule has 0 radical (unpaired) electrons. The average molecular weight is 320 g/mol. The Kier molecular flexibility index (Phi) is 3.46. The highest BCUT2D eigenvalue weighted by atomic mass is 79.9. The maximum Gasteiger partial charge on any atom is 0.153 e. The Hall–Kier alpha value is -1.49. The standard InChI is InChI=1S/C14H14BrN3O/c15-11-5-6-13(16-7-11)14-10(9-19)8-18(17-14)12-3-1-2-4-12/h5-9,12H,1-4H2. The smallest absolute Gasteiger partial charge is 0.153 e. The van der Waals surface area contributed by atoms with Crippen molar-refractivity contribution >= 4 is 22.2 Å². The lowest BCUT2D eigenvalue weighted by molar-refractivity contribution is 0.112. The van der Waals surface area contributed by atoms with Crippen molar-refractivity contribution < 1.29 is 4.79 Å². The monoisotopic (exact) mass is 319 g/mol. The molecule has 3 rings (SSSR count). The number of rotatable bonds is 3. The minimum absolute atomic E-state index is 0.433. The second-order valence-electron chi connectivity index (χ2n) is 4.83. The highest BCUT2D eigenvalue weighted by Crippen LogP contribution is 2.31. The van der Waals surface area contributed by atoms with Crippen molar-refractivity contribution in [1.82, 2.24) is 14.8 Å². The van der Waals surface area contributed by atoms with E-state index in [9.17, 15) is 4.79 Å². The van der Waals surface area contributed by atoms with Gasteiger partial charge >= 0.3 is 0 Å². The quantitative estimate of drug-likeness (QED) is 0.811. The lowest BCUT2D eigenvalue weighted by Crippen LogP contribution is -2.05. The molecule has 2 heterocycles. The van der Waals surface area contributed by atoms with Gasteiger partial charge in [-0.1, -0.05) is 12.8 Å². The Morgan fingerprint density at radius 1 is 1.32 bits per heavy atom. The van der Waals surface area contributed by atoms with E-state index in [1.807, 2.05) is 23.0 Å². The topological polar surface area (TPSA) is 47.8 Å². The second kappa shape index (κ2) is 5.25. The molecule has 1 saturated carbocycles. The van der Waals surface area contributed by atoms with Gasteiger partial charge in [0.2, 0.25) is 0 Å². The van der Waals surface area contributed by atoms with Crippen LogP contribution in [0.2, 0.25) is 0 Å². The van der Waals surface area contributed by atoms with Crippen molar-refractivity contribution in [2.24, 2.45) is 0 Å². The van der Waals surface area contributed by atoms with Crippen LogP contribution in [0.1, 0.15) is 42.1 Å². The van der Waals surface area contributed by atoms with E-state index in [2.05, 4.69) is 26.0 Å². The Labute approximate surface area is 120 Å². The van der Waals surface area contributed by atoms with Gasteiger partial charge in [0.15, 0.2) is 6.29 Å². The number of hydrogen-bond donors (Lipinski definition) is 0. The van der Waals surface area contributed by atoms with Gasteiger partial charge < -0.3 is 0 Å². The van der Waals surface area contributed by atoms with Crippen LogP contribution in [0.4, 0.5) is 0 Å². The van der Waals surface area contributed by atoms with E-state index in [1.54, 1.807) is 6.20 Å². The van der Waals surface area contributed by atoms with E-state index < -0.39 is 0 Å². The van der Waals surface area contributed by atoms with Crippen LogP contribution in [0.5, 0.6) is 0 Å². The summed E-state index contributed by atoms with van der Waals surface area (Å²) >= 11 is 3.36. The molecule has 0 atom stereocenters. The van der Waals surface area contributed by atoms with Crippen molar-refractivity contribution in [3.05, 3.63) is 34.6 Å². The third-order valence-corrected chi connectivity index (χ3v) is 4.03. The Balaban J connectivity index is 2.00. The number of halogens is 1. The van der Waals surface area contributed by atoms with E-state index in [0.29, 0.717) is 17.3 Å². The van der Waals surface area contributed by atoms with Crippen LogP contribution >= 0.6 is 15.9 Å². The average Bonchev–Trinajstić information content (AvgIpc) is 3.08. The number of aromatic nitrogens is 3. The van der Waals surface area contributed by atoms with Crippen LogP contribution in [-0.4, -0.2) is 21.1 Å². The first-order valence-corrected chi connectivity index (χ1v) is 7.23. The van der Waals surface area contributed by atoms with Crippen molar-refractivity contribution in [2.45, 2.75) is 31.7 Å². The van der Waals surface area contributed by atoms with Gasteiger partial charge in [0.05, 0.1) is 17.3 Å². The highest BCUT2D eigenvalue weighted by molar-refractivity contribution is 9.10. The third kappa shape index (κ3) is 2.47. The van der Waals surface area contributed by atoms with Gasteiger partial charge in [-0.2, -0.15) is 5.10 Å². The fourth-order valence-electron chi connectivity index (χ4n) is 2.56. The molecule has 0 N–H and O–H groups in total. The molecule has 19 heavy (non-hydrogen) atoms. The summed E-state index contributed by atoms with van der Waals surface area (Å²) in [4.78, 5) is 15.5. The van der Waals surface area contributed by atoms with Gasteiger partial charge in [-0.05, 0) is 40.9 Å². The maximum atomic E-state index is 11.2. The Bertz CT molecular complexity index is 585. The fourth-order valence-corrected chi connectivity index (χ4v) is 2.80. The normalized spacial score (nSPS) is 15.8. The number of pyridine rings is 1. The molecule has 2 aromatic rings. The molecule has 0 saturated heterocycles. The van der Waals surface area contributed by atoms with E-state index in [1.165, 1.54) is 12.8 Å². The maximum absolute atomic E-state index is 11.2. The number of carbonyl (C=O) groups excluding carboxylic acids is 1. The van der Waals surface area contributed by atoms with Crippen molar-refractivity contribution in [2.75, 3.05) is 0 Å². The molecule has 0 amide bonds. The predicted molar refractivity (Wildman–Crippen MR) is 76.1 cm³/mol. The summed E-state index contributed by atoms with van der Waals surface area (Å²) in [5, 5.41) is 4.57. The molecule has 0 aliphatic heterocycles. The molecule has 1 fully saturated rings. The minimum Gasteiger partial charge on any atom is -0.298 e. The van der Waals surface area contributed by atoms with E-state index in [-0.39, 0.29) is 0 Å². The first kappa shape index (κ1) is 12.5. The molecular formula is C14H14BrN3O. The molecule has 1 aliphatic carbocycles. The van der Waals surface area contributed by atoms with Crippen LogP contribution in [0.15, 0.2) is 29.0 Å². The number of hydrogen-bond acceptors (Lipinski definition) is 3. The highest BCUT2D eigenvalue weighted by Gasteiger charge is 2.20. The summed E-state index contributed by atoms with van der Waals surface area (Å²) in [6.45, 7) is 0. The van der Waals surface area contributed by atoms with Crippen LogP contribution < -0.4 is 0 Å². The number of aldehydes is 1. The SMILES string of the molecule is O=Cc1cn(C2CCCC2)nc1-c1ccc(Br)cn1. The van der Waals surface area contributed by atoms with Crippen molar-refractivity contribution in [1.29, 1.82) is 0 Å². The zero-order chi connectivity index (χ0) is 13.2. The van der Waals surface area contributed by atoms with Crippen LogP contribution in [0.3, 0.4) is 0 Å². The van der Waals surface area contributed by atoms with Gasteiger partial charge in [-0.3, -0.25) is 14.5 Å². The van der Waals surface area contributed by atoms with Crippen LogP contribution in [-0.2, 0) is 0 Å². The summed E-state index contributed by atoms with van der Waals surface area (Å²) in [7, 11) is 0. The molecule has 1 aliphatic rings. The molecule has 2 aromatic heterocycles. The van der Waals surface area contributed by atoms with Crippen molar-refractivity contribution in [3.63, 3.8) is 0 Å². The van der Waals surface area contributed by atoms with Gasteiger partial charge in [0.25, 0.3) is 0 Å². The first-order valence-electron chi connectivity index (χ1n) is 6.44. The lowest BCUT2D eigenvalue weighted by atomic mass is 10.2. The number of carbonyl (C=O) groups is 1. The molecule has 4 nitrogen and oxygen atoms in total. The summed E-state index contributed by atoms with van der Waals surface area (Å²) in [6, 6.07) is 4.21. The summed E-state index contributed by atoms with van der Waals surface area (Å²) < 4.78 is 2.86. The Morgan fingerprint density at radius 3 is 2.74 bits per heavy atom. The number of nitrogens with zero attached hydrogens (tertiary/aromatic N) is 3. The van der Waals surface area contributed by atoms with Gasteiger partial charge in [0, 0.05) is 16.9 Å². The minimum atomic E-state index is 0.433. The molecule has 98 valence electrons. The summed E-state index contributed by atoms with van der Waals surface area (Å²) in [5.41, 5.74) is 2.03. The molecule has 0 bridgehead atoms. The second-order valence-corrected chi connectivity index (χ2v) is 5.75. The zero-order valence-corrected chi connectivity index (χ0v) is 12.0.